The van der Waals surface area contributed by atoms with Crippen molar-refractivity contribution in [3.8, 4) is 11.8 Å². The van der Waals surface area contributed by atoms with Gasteiger partial charge in [-0.3, -0.25) is 9.36 Å². The fourth-order valence-corrected chi connectivity index (χ4v) is 4.34. The van der Waals surface area contributed by atoms with Crippen molar-refractivity contribution in [3.63, 3.8) is 0 Å². The number of carbonyl (C=O) groups is 1. The van der Waals surface area contributed by atoms with Gasteiger partial charge < -0.3 is 19.7 Å². The number of fused-ring (bicyclic) bond motifs is 1. The zero-order valence-electron chi connectivity index (χ0n) is 20.9. The number of amides is 1. The minimum Gasteiger partial charge on any atom is -0.497 e. The van der Waals surface area contributed by atoms with Gasteiger partial charge in [-0.15, -0.1) is 0 Å². The average molecular weight is 541 g/mol. The van der Waals surface area contributed by atoms with Crippen LogP contribution in [0.15, 0.2) is 66.7 Å². The lowest BCUT2D eigenvalue weighted by Gasteiger charge is -2.17. The van der Waals surface area contributed by atoms with E-state index >= 15 is 0 Å². The Morgan fingerprint density at radius 2 is 1.78 bits per heavy atom. The number of benzene rings is 3. The predicted molar refractivity (Wildman–Crippen MR) is 148 cm³/mol. The molecule has 7 nitrogen and oxygen atoms in total. The molecule has 4 aromatic rings. The fraction of sp³-hybridized carbons (Fsp3) is 0.286. The van der Waals surface area contributed by atoms with Gasteiger partial charge in [0, 0.05) is 13.1 Å². The lowest BCUT2D eigenvalue weighted by atomic mass is 10.2. The Balaban J connectivity index is 1.27. The summed E-state index contributed by atoms with van der Waals surface area (Å²) in [5.74, 6) is 0.614. The van der Waals surface area contributed by atoms with E-state index in [4.69, 9.17) is 32.7 Å². The van der Waals surface area contributed by atoms with Crippen molar-refractivity contribution in [1.29, 1.82) is 0 Å². The van der Waals surface area contributed by atoms with Gasteiger partial charge in [-0.1, -0.05) is 53.5 Å². The maximum Gasteiger partial charge on any atom is 0.298 e. The SMILES string of the molecule is COc1ccc(Cn2c(OCC(=O)NCCCN(C)Cc3ccc(Cl)c(Cl)c3)nc3ccccc32)cc1. The van der Waals surface area contributed by atoms with E-state index in [-0.39, 0.29) is 12.5 Å². The van der Waals surface area contributed by atoms with Crippen LogP contribution in [-0.4, -0.2) is 54.2 Å². The smallest absolute Gasteiger partial charge is 0.298 e. The number of aromatic nitrogens is 2. The highest BCUT2D eigenvalue weighted by atomic mass is 35.5. The van der Waals surface area contributed by atoms with Gasteiger partial charge in [0.1, 0.15) is 5.75 Å². The van der Waals surface area contributed by atoms with Crippen molar-refractivity contribution in [2.45, 2.75) is 19.5 Å². The molecule has 0 saturated heterocycles. The number of carbonyl (C=O) groups excluding carboxylic acids is 1. The van der Waals surface area contributed by atoms with Gasteiger partial charge in [0.15, 0.2) is 6.61 Å². The largest absolute Gasteiger partial charge is 0.497 e. The summed E-state index contributed by atoms with van der Waals surface area (Å²) in [6.45, 7) is 2.57. The Labute approximate surface area is 226 Å². The van der Waals surface area contributed by atoms with E-state index in [0.29, 0.717) is 29.1 Å². The van der Waals surface area contributed by atoms with Crippen molar-refractivity contribution in [2.75, 3.05) is 33.9 Å². The van der Waals surface area contributed by atoms with E-state index < -0.39 is 0 Å². The van der Waals surface area contributed by atoms with Gasteiger partial charge in [-0.2, -0.15) is 4.98 Å². The van der Waals surface area contributed by atoms with Crippen molar-refractivity contribution in [3.05, 3.63) is 87.9 Å². The van der Waals surface area contributed by atoms with E-state index in [1.807, 2.05) is 72.3 Å². The van der Waals surface area contributed by atoms with E-state index in [1.54, 1.807) is 13.2 Å². The predicted octanol–water partition coefficient (Wildman–Crippen LogP) is 5.42. The second-order valence-electron chi connectivity index (χ2n) is 8.80. The lowest BCUT2D eigenvalue weighted by Crippen LogP contribution is -2.32. The lowest BCUT2D eigenvalue weighted by molar-refractivity contribution is -0.123. The van der Waals surface area contributed by atoms with Gasteiger partial charge in [-0.25, -0.2) is 0 Å². The molecule has 0 spiro atoms. The second kappa shape index (κ2) is 12.8. The van der Waals surface area contributed by atoms with Crippen LogP contribution in [0.2, 0.25) is 10.0 Å². The summed E-state index contributed by atoms with van der Waals surface area (Å²) in [5.41, 5.74) is 3.92. The number of rotatable bonds is 12. The van der Waals surface area contributed by atoms with Gasteiger partial charge in [0.05, 0.1) is 34.7 Å². The van der Waals surface area contributed by atoms with Crippen LogP contribution in [0.3, 0.4) is 0 Å². The normalized spacial score (nSPS) is 11.2. The van der Waals surface area contributed by atoms with Crippen LogP contribution in [0.4, 0.5) is 0 Å². The molecule has 1 N–H and O–H groups in total. The molecule has 4 rings (SSSR count). The molecule has 0 radical (unpaired) electrons. The molecule has 0 fully saturated rings. The molecule has 0 bridgehead atoms. The number of hydrogen-bond acceptors (Lipinski definition) is 5. The number of ether oxygens (including phenoxy) is 2. The molecule has 0 aliphatic heterocycles. The van der Waals surface area contributed by atoms with Crippen LogP contribution < -0.4 is 14.8 Å². The van der Waals surface area contributed by atoms with Crippen LogP contribution in [0.1, 0.15) is 17.5 Å². The average Bonchev–Trinajstić information content (AvgIpc) is 3.25. The second-order valence-corrected chi connectivity index (χ2v) is 9.61. The molecule has 3 aromatic carbocycles. The Morgan fingerprint density at radius 1 is 1.03 bits per heavy atom. The highest BCUT2D eigenvalue weighted by molar-refractivity contribution is 6.42. The Bertz CT molecular complexity index is 1340. The summed E-state index contributed by atoms with van der Waals surface area (Å²) in [4.78, 5) is 19.2. The molecular formula is C28H30Cl2N4O3. The van der Waals surface area contributed by atoms with E-state index in [2.05, 4.69) is 15.2 Å². The highest BCUT2D eigenvalue weighted by Crippen LogP contribution is 2.24. The van der Waals surface area contributed by atoms with Gasteiger partial charge in [-0.05, 0) is 67.5 Å². The molecule has 194 valence electrons. The summed E-state index contributed by atoms with van der Waals surface area (Å²) >= 11 is 12.1. The van der Waals surface area contributed by atoms with Crippen LogP contribution in [0.5, 0.6) is 11.8 Å². The van der Waals surface area contributed by atoms with E-state index in [0.717, 1.165) is 47.4 Å². The molecule has 0 aliphatic rings. The highest BCUT2D eigenvalue weighted by Gasteiger charge is 2.14. The van der Waals surface area contributed by atoms with Gasteiger partial charge in [0.25, 0.3) is 11.9 Å². The molecular weight excluding hydrogens is 511 g/mol. The van der Waals surface area contributed by atoms with Crippen LogP contribution in [0.25, 0.3) is 11.0 Å². The van der Waals surface area contributed by atoms with Crippen molar-refractivity contribution >= 4 is 40.1 Å². The quantitative estimate of drug-likeness (QED) is 0.243. The summed E-state index contributed by atoms with van der Waals surface area (Å²) in [6.07, 6.45) is 0.805. The number of hydrogen-bond donors (Lipinski definition) is 1. The molecule has 1 heterocycles. The third-order valence-electron chi connectivity index (χ3n) is 5.93. The minimum absolute atomic E-state index is 0.106. The van der Waals surface area contributed by atoms with Crippen LogP contribution >= 0.6 is 23.2 Å². The number of nitrogens with one attached hydrogen (secondary N) is 1. The van der Waals surface area contributed by atoms with Gasteiger partial charge in [0.2, 0.25) is 0 Å². The van der Waals surface area contributed by atoms with Crippen molar-refractivity contribution in [1.82, 2.24) is 19.8 Å². The Kier molecular flexibility index (Phi) is 9.28. The maximum atomic E-state index is 12.4. The van der Waals surface area contributed by atoms with Crippen LogP contribution in [-0.2, 0) is 17.9 Å². The van der Waals surface area contributed by atoms with E-state index in [9.17, 15) is 4.79 Å². The number of nitrogens with zero attached hydrogens (tertiary/aromatic N) is 3. The van der Waals surface area contributed by atoms with Crippen LogP contribution in [0, 0.1) is 0 Å². The molecule has 0 aliphatic carbocycles. The first-order chi connectivity index (χ1) is 17.9. The van der Waals surface area contributed by atoms with Crippen molar-refractivity contribution < 1.29 is 14.3 Å². The zero-order valence-corrected chi connectivity index (χ0v) is 22.4. The maximum absolute atomic E-state index is 12.4. The fourth-order valence-electron chi connectivity index (χ4n) is 4.02. The molecule has 0 unspecified atom stereocenters. The number of halogens is 2. The van der Waals surface area contributed by atoms with E-state index in [1.165, 1.54) is 0 Å². The molecule has 37 heavy (non-hydrogen) atoms. The monoisotopic (exact) mass is 540 g/mol. The summed E-state index contributed by atoms with van der Waals surface area (Å²) in [7, 11) is 3.67. The van der Waals surface area contributed by atoms with Crippen molar-refractivity contribution in [2.24, 2.45) is 0 Å². The third kappa shape index (κ3) is 7.38. The molecule has 0 atom stereocenters. The molecule has 1 amide bonds. The first-order valence-corrected chi connectivity index (χ1v) is 12.8. The summed E-state index contributed by atoms with van der Waals surface area (Å²) in [5, 5.41) is 4.03. The molecule has 1 aromatic heterocycles. The standard InChI is InChI=1S/C28H30Cl2N4O3/c1-33(17-21-10-13-23(29)24(30)16-21)15-5-14-31-27(35)19-37-28-32-25-6-3-4-7-26(25)34(28)18-20-8-11-22(36-2)12-9-20/h3-4,6-13,16H,5,14-15,17-19H2,1-2H3,(H,31,35). The topological polar surface area (TPSA) is 68.6 Å². The summed E-state index contributed by atoms with van der Waals surface area (Å²) < 4.78 is 13.1. The third-order valence-corrected chi connectivity index (χ3v) is 6.67. The molecule has 9 heteroatoms. The summed E-state index contributed by atoms with van der Waals surface area (Å²) in [6, 6.07) is 21.7. The first-order valence-electron chi connectivity index (χ1n) is 12.0. The first kappa shape index (κ1) is 26.8. The number of methoxy groups -OCH3 is 1. The number of imidazole rings is 1. The van der Waals surface area contributed by atoms with Gasteiger partial charge >= 0.3 is 0 Å². The zero-order chi connectivity index (χ0) is 26.2. The minimum atomic E-state index is -0.185. The molecule has 0 saturated carbocycles. The Morgan fingerprint density at radius 3 is 2.54 bits per heavy atom. The number of para-hydroxylation sites is 2. The Hall–Kier alpha value is -3.26.